The van der Waals surface area contributed by atoms with E-state index < -0.39 is 5.97 Å². The summed E-state index contributed by atoms with van der Waals surface area (Å²) in [6.45, 7) is 6.75. The normalized spacial score (nSPS) is 9.38. The van der Waals surface area contributed by atoms with E-state index in [9.17, 15) is 4.79 Å². The van der Waals surface area contributed by atoms with Gasteiger partial charge in [-0.15, -0.1) is 0 Å². The van der Waals surface area contributed by atoms with Crippen LogP contribution in [0.25, 0.3) is 0 Å². The monoisotopic (exact) mass is 113 g/mol. The van der Waals surface area contributed by atoms with Crippen molar-refractivity contribution in [2.24, 2.45) is 0 Å². The standard InChI is InChI=1S/C6H9O2/c1-4(2)5(3)6(7)8/h3H2,1-2H3,(H,7,8). The van der Waals surface area contributed by atoms with Crippen LogP contribution in [-0.2, 0) is 4.79 Å². The maximum atomic E-state index is 10.0. The van der Waals surface area contributed by atoms with Crippen LogP contribution in [0.2, 0.25) is 0 Å². The van der Waals surface area contributed by atoms with E-state index in [2.05, 4.69) is 6.58 Å². The van der Waals surface area contributed by atoms with Gasteiger partial charge in [-0.2, -0.15) is 0 Å². The molecule has 45 valence electrons. The molecule has 0 bridgehead atoms. The van der Waals surface area contributed by atoms with Crippen molar-refractivity contribution in [1.29, 1.82) is 0 Å². The highest BCUT2D eigenvalue weighted by atomic mass is 16.4. The largest absolute Gasteiger partial charge is 0.478 e. The van der Waals surface area contributed by atoms with Gasteiger partial charge >= 0.3 is 5.97 Å². The van der Waals surface area contributed by atoms with Gasteiger partial charge < -0.3 is 5.11 Å². The second-order valence-electron chi connectivity index (χ2n) is 1.78. The minimum absolute atomic E-state index is 0.185. The average molecular weight is 113 g/mol. The predicted octanol–water partition coefficient (Wildman–Crippen LogP) is 1.24. The summed E-state index contributed by atoms with van der Waals surface area (Å²) in [6, 6.07) is 0. The van der Waals surface area contributed by atoms with Crippen LogP contribution < -0.4 is 0 Å². The maximum absolute atomic E-state index is 10.0. The van der Waals surface area contributed by atoms with E-state index in [1.54, 1.807) is 13.8 Å². The number of carboxylic acid groups (broad SMARTS) is 1. The highest BCUT2D eigenvalue weighted by Gasteiger charge is 2.06. The van der Waals surface area contributed by atoms with Gasteiger partial charge in [-0.25, -0.2) is 4.79 Å². The van der Waals surface area contributed by atoms with Gasteiger partial charge in [-0.1, -0.05) is 20.4 Å². The molecule has 0 spiro atoms. The lowest BCUT2D eigenvalue weighted by Gasteiger charge is -1.99. The minimum atomic E-state index is -0.940. The smallest absolute Gasteiger partial charge is 0.331 e. The van der Waals surface area contributed by atoms with Gasteiger partial charge in [0.05, 0.1) is 0 Å². The molecule has 2 nitrogen and oxygen atoms in total. The Morgan fingerprint density at radius 3 is 1.88 bits per heavy atom. The molecule has 1 radical (unpaired) electrons. The molecule has 0 heterocycles. The summed E-state index contributed by atoms with van der Waals surface area (Å²) in [7, 11) is 0. The number of hydrogen-bond acceptors (Lipinski definition) is 1. The van der Waals surface area contributed by atoms with E-state index >= 15 is 0 Å². The molecule has 0 saturated heterocycles. The Morgan fingerprint density at radius 1 is 1.50 bits per heavy atom. The molecule has 0 saturated carbocycles. The molecule has 0 aromatic carbocycles. The highest BCUT2D eigenvalue weighted by Crippen LogP contribution is 2.07. The summed E-state index contributed by atoms with van der Waals surface area (Å²) < 4.78 is 0. The summed E-state index contributed by atoms with van der Waals surface area (Å²) in [4.78, 5) is 10.0. The summed E-state index contributed by atoms with van der Waals surface area (Å²) in [5, 5.41) is 8.23. The Labute approximate surface area is 48.8 Å². The first-order chi connectivity index (χ1) is 3.55. The average Bonchev–Trinajstić information content (AvgIpc) is 1.64. The van der Waals surface area contributed by atoms with Crippen molar-refractivity contribution < 1.29 is 9.90 Å². The van der Waals surface area contributed by atoms with Gasteiger partial charge in [0.1, 0.15) is 0 Å². The molecule has 0 fully saturated rings. The third-order valence-corrected chi connectivity index (χ3v) is 0.862. The molecular weight excluding hydrogens is 104 g/mol. The van der Waals surface area contributed by atoms with Crippen molar-refractivity contribution in [2.45, 2.75) is 13.8 Å². The van der Waals surface area contributed by atoms with E-state index in [1.807, 2.05) is 0 Å². The molecule has 0 aliphatic carbocycles. The molecule has 8 heavy (non-hydrogen) atoms. The van der Waals surface area contributed by atoms with Crippen LogP contribution >= 0.6 is 0 Å². The van der Waals surface area contributed by atoms with Gasteiger partial charge in [0.25, 0.3) is 0 Å². The fourth-order valence-corrected chi connectivity index (χ4v) is 0.214. The number of carboxylic acids is 1. The lowest BCUT2D eigenvalue weighted by Crippen LogP contribution is -2.02. The number of aliphatic carboxylic acids is 1. The van der Waals surface area contributed by atoms with Crippen molar-refractivity contribution >= 4 is 5.97 Å². The summed E-state index contributed by atoms with van der Waals surface area (Å²) >= 11 is 0. The number of carbonyl (C=O) groups is 1. The van der Waals surface area contributed by atoms with Crippen LogP contribution in [0.1, 0.15) is 13.8 Å². The van der Waals surface area contributed by atoms with Crippen molar-refractivity contribution in [2.75, 3.05) is 0 Å². The Hall–Kier alpha value is -0.790. The molecule has 0 aliphatic heterocycles. The number of rotatable bonds is 2. The topological polar surface area (TPSA) is 37.3 Å². The van der Waals surface area contributed by atoms with Gasteiger partial charge in [-0.3, -0.25) is 0 Å². The van der Waals surface area contributed by atoms with Gasteiger partial charge in [-0.05, 0) is 0 Å². The van der Waals surface area contributed by atoms with Crippen LogP contribution in [0.5, 0.6) is 0 Å². The van der Waals surface area contributed by atoms with E-state index in [-0.39, 0.29) is 5.57 Å². The molecule has 0 amide bonds. The summed E-state index contributed by atoms with van der Waals surface area (Å²) in [5.74, 6) is -0.192. The quantitative estimate of drug-likeness (QED) is 0.547. The van der Waals surface area contributed by atoms with Crippen LogP contribution in [0.3, 0.4) is 0 Å². The zero-order valence-corrected chi connectivity index (χ0v) is 5.06. The van der Waals surface area contributed by atoms with Crippen molar-refractivity contribution in [1.82, 2.24) is 0 Å². The molecule has 0 atom stereocenters. The Balaban J connectivity index is 3.84. The molecule has 0 rings (SSSR count). The predicted molar refractivity (Wildman–Crippen MR) is 31.4 cm³/mol. The van der Waals surface area contributed by atoms with E-state index in [0.29, 0.717) is 0 Å². The third-order valence-electron chi connectivity index (χ3n) is 0.862. The number of hydrogen-bond donors (Lipinski definition) is 1. The molecule has 0 aromatic rings. The second kappa shape index (κ2) is 2.50. The first-order valence-corrected chi connectivity index (χ1v) is 2.28. The summed E-state index contributed by atoms with van der Waals surface area (Å²) in [5.41, 5.74) is 0.185. The Morgan fingerprint density at radius 2 is 1.88 bits per heavy atom. The molecule has 0 aliphatic rings. The first-order valence-electron chi connectivity index (χ1n) is 2.28. The van der Waals surface area contributed by atoms with Crippen LogP contribution in [-0.4, -0.2) is 11.1 Å². The third kappa shape index (κ3) is 1.78. The maximum Gasteiger partial charge on any atom is 0.331 e. The van der Waals surface area contributed by atoms with E-state index in [4.69, 9.17) is 5.11 Å². The first kappa shape index (κ1) is 7.21. The van der Waals surface area contributed by atoms with Gasteiger partial charge in [0.15, 0.2) is 0 Å². The Bertz CT molecular complexity index is 114. The lowest BCUT2D eigenvalue weighted by atomic mass is 10.1. The molecular formula is C6H9O2. The van der Waals surface area contributed by atoms with E-state index in [0.717, 1.165) is 5.92 Å². The van der Waals surface area contributed by atoms with Gasteiger partial charge in [0, 0.05) is 11.5 Å². The highest BCUT2D eigenvalue weighted by molar-refractivity contribution is 5.89. The van der Waals surface area contributed by atoms with Crippen LogP contribution in [0.4, 0.5) is 0 Å². The van der Waals surface area contributed by atoms with Crippen molar-refractivity contribution in [3.8, 4) is 0 Å². The fourth-order valence-electron chi connectivity index (χ4n) is 0.214. The Kier molecular flexibility index (Phi) is 2.25. The molecule has 2 heteroatoms. The zero-order chi connectivity index (χ0) is 6.73. The lowest BCUT2D eigenvalue weighted by molar-refractivity contribution is -0.132. The summed E-state index contributed by atoms with van der Waals surface area (Å²) in [6.07, 6.45) is 0. The minimum Gasteiger partial charge on any atom is -0.478 e. The molecule has 0 aromatic heterocycles. The zero-order valence-electron chi connectivity index (χ0n) is 5.06. The molecule has 0 unspecified atom stereocenters. The van der Waals surface area contributed by atoms with E-state index in [1.165, 1.54) is 0 Å². The van der Waals surface area contributed by atoms with Crippen molar-refractivity contribution in [3.63, 3.8) is 0 Å². The van der Waals surface area contributed by atoms with Gasteiger partial charge in [0.2, 0.25) is 0 Å². The SMILES string of the molecule is C=C([C](C)C)C(=O)O. The van der Waals surface area contributed by atoms with Crippen LogP contribution in [0.15, 0.2) is 12.2 Å². The second-order valence-corrected chi connectivity index (χ2v) is 1.78. The van der Waals surface area contributed by atoms with Crippen molar-refractivity contribution in [3.05, 3.63) is 18.1 Å². The van der Waals surface area contributed by atoms with Crippen LogP contribution in [0, 0.1) is 5.92 Å². The molecule has 1 N–H and O–H groups in total. The fraction of sp³-hybridized carbons (Fsp3) is 0.333.